The van der Waals surface area contributed by atoms with Crippen LogP contribution < -0.4 is 20.3 Å². The van der Waals surface area contributed by atoms with Crippen LogP contribution in [0.3, 0.4) is 0 Å². The van der Waals surface area contributed by atoms with Crippen molar-refractivity contribution in [1.29, 1.82) is 0 Å². The number of hydrogen-bond donors (Lipinski definition) is 2. The number of piperidine rings is 1. The minimum Gasteiger partial charge on any atom is -0.486 e. The molecule has 3 N–H and O–H groups in total. The Kier molecular flexibility index (Phi) is 9.11. The number of anilines is 2. The molecule has 0 amide bonds. The molecule has 0 bridgehead atoms. The van der Waals surface area contributed by atoms with Gasteiger partial charge in [-0.15, -0.1) is 0 Å². The van der Waals surface area contributed by atoms with E-state index in [9.17, 15) is 5.11 Å². The molecule has 224 valence electrons. The van der Waals surface area contributed by atoms with Crippen LogP contribution in [0.15, 0.2) is 28.4 Å². The number of pyridine rings is 1. The smallest absolute Gasteiger partial charge is 0.175 e. The van der Waals surface area contributed by atoms with Gasteiger partial charge in [-0.2, -0.15) is 0 Å². The van der Waals surface area contributed by atoms with E-state index in [0.717, 1.165) is 67.6 Å². The first kappa shape index (κ1) is 29.6. The molecule has 6 rings (SSSR count). The van der Waals surface area contributed by atoms with Crippen molar-refractivity contribution in [3.05, 3.63) is 24.2 Å². The molecule has 2 aromatic heterocycles. The number of nitrogens with zero attached hydrogens (tertiary/aromatic N) is 5. The number of ether oxygens (including phenoxy) is 4. The lowest BCUT2D eigenvalue weighted by molar-refractivity contribution is -0.00715. The minimum atomic E-state index is -0.179. The Hall–Kier alpha value is -1.49. The van der Waals surface area contributed by atoms with Crippen molar-refractivity contribution in [1.82, 2.24) is 15.0 Å². The molecule has 4 aliphatic rings. The van der Waals surface area contributed by atoms with Crippen molar-refractivity contribution in [2.24, 2.45) is 11.1 Å². The van der Waals surface area contributed by atoms with Crippen molar-refractivity contribution >= 4 is 46.0 Å². The normalized spacial score (nSPS) is 27.5. The lowest BCUT2D eigenvalue weighted by atomic mass is 9.75. The van der Waals surface area contributed by atoms with Gasteiger partial charge in [0, 0.05) is 51.0 Å². The number of methoxy groups -OCH3 is 1. The summed E-state index contributed by atoms with van der Waals surface area (Å²) in [5.74, 6) is 2.35. The molecule has 4 aliphatic heterocycles. The maximum absolute atomic E-state index is 10.2. The molecule has 0 aliphatic carbocycles. The first-order valence-electron chi connectivity index (χ1n) is 14.3. The molecule has 3 fully saturated rings. The highest BCUT2D eigenvalue weighted by Gasteiger charge is 2.48. The third kappa shape index (κ3) is 6.00. The molecular weight excluding hydrogens is 659 g/mol. The molecule has 0 saturated carbocycles. The van der Waals surface area contributed by atoms with E-state index in [2.05, 4.69) is 44.3 Å². The molecule has 6 heterocycles. The Morgan fingerprint density at radius 1 is 1.29 bits per heavy atom. The van der Waals surface area contributed by atoms with Crippen molar-refractivity contribution in [3.63, 3.8) is 0 Å². The SMILES string of the molecule is COCC[C@@H](C)O[C@H]1C[C@H]2COc3c(Sc4cnc(N5CCC6(CC5)CO[C@@H](I)[C@H]6N)c(CO)n4)ccnc3N2C1. The highest BCUT2D eigenvalue weighted by molar-refractivity contribution is 14.1. The number of fused-ring (bicyclic) bond motifs is 3. The van der Waals surface area contributed by atoms with E-state index < -0.39 is 0 Å². The Morgan fingerprint density at radius 2 is 2.12 bits per heavy atom. The van der Waals surface area contributed by atoms with Crippen molar-refractivity contribution in [2.45, 2.75) is 77.5 Å². The summed E-state index contributed by atoms with van der Waals surface area (Å²) in [4.78, 5) is 19.7. The van der Waals surface area contributed by atoms with Crippen LogP contribution in [0.5, 0.6) is 5.75 Å². The summed E-state index contributed by atoms with van der Waals surface area (Å²) in [6.07, 6.45) is 7.54. The fraction of sp³-hybridized carbons (Fsp3) is 0.679. The van der Waals surface area contributed by atoms with E-state index in [-0.39, 0.29) is 40.4 Å². The molecule has 3 saturated heterocycles. The van der Waals surface area contributed by atoms with Crippen LogP contribution in [-0.2, 0) is 20.8 Å². The fourth-order valence-corrected chi connectivity index (χ4v) is 8.19. The maximum Gasteiger partial charge on any atom is 0.175 e. The predicted molar refractivity (Wildman–Crippen MR) is 164 cm³/mol. The average molecular weight is 699 g/mol. The Bertz CT molecular complexity index is 1220. The van der Waals surface area contributed by atoms with E-state index in [1.54, 1.807) is 13.3 Å². The molecule has 2 aromatic rings. The molecule has 1 spiro atoms. The van der Waals surface area contributed by atoms with Crippen molar-refractivity contribution in [2.75, 3.05) is 56.4 Å². The second-order valence-corrected chi connectivity index (χ2v) is 13.7. The Morgan fingerprint density at radius 3 is 2.85 bits per heavy atom. The van der Waals surface area contributed by atoms with Crippen LogP contribution in [0, 0.1) is 5.41 Å². The van der Waals surface area contributed by atoms with Crippen molar-refractivity contribution < 1.29 is 24.1 Å². The Balaban J connectivity index is 1.13. The van der Waals surface area contributed by atoms with E-state index >= 15 is 0 Å². The second-order valence-electron chi connectivity index (χ2n) is 11.4. The molecule has 5 atom stereocenters. The van der Waals surface area contributed by atoms with Gasteiger partial charge in [0.1, 0.15) is 21.4 Å². The van der Waals surface area contributed by atoms with E-state index in [1.807, 2.05) is 12.3 Å². The van der Waals surface area contributed by atoms with Crippen LogP contribution in [0.1, 0.15) is 38.3 Å². The molecule has 0 radical (unpaired) electrons. The van der Waals surface area contributed by atoms with Gasteiger partial charge < -0.3 is 39.6 Å². The number of hydrogen-bond acceptors (Lipinski definition) is 12. The average Bonchev–Trinajstić information content (AvgIpc) is 3.53. The van der Waals surface area contributed by atoms with Crippen LogP contribution in [-0.4, -0.2) is 95.0 Å². The second kappa shape index (κ2) is 12.6. The van der Waals surface area contributed by atoms with Crippen molar-refractivity contribution in [3.8, 4) is 5.75 Å². The first-order chi connectivity index (χ1) is 19.9. The van der Waals surface area contributed by atoms with Gasteiger partial charge >= 0.3 is 0 Å². The number of aliphatic hydroxyl groups is 1. The van der Waals surface area contributed by atoms with Gasteiger partial charge in [-0.05, 0) is 61.3 Å². The minimum absolute atomic E-state index is 0.0220. The number of nitrogens with two attached hydrogens (primary N) is 1. The first-order valence-corrected chi connectivity index (χ1v) is 16.4. The summed E-state index contributed by atoms with van der Waals surface area (Å²) < 4.78 is 23.7. The third-order valence-corrected chi connectivity index (χ3v) is 10.9. The summed E-state index contributed by atoms with van der Waals surface area (Å²) >= 11 is 3.78. The summed E-state index contributed by atoms with van der Waals surface area (Å²) in [6, 6.07) is 2.23. The highest BCUT2D eigenvalue weighted by Crippen LogP contribution is 2.46. The monoisotopic (exact) mass is 698 g/mol. The lowest BCUT2D eigenvalue weighted by Gasteiger charge is -2.41. The quantitative estimate of drug-likeness (QED) is 0.295. The zero-order valence-corrected chi connectivity index (χ0v) is 26.6. The van der Waals surface area contributed by atoms with E-state index in [4.69, 9.17) is 34.6 Å². The zero-order chi connectivity index (χ0) is 28.6. The largest absolute Gasteiger partial charge is 0.486 e. The molecule has 0 unspecified atom stereocenters. The number of rotatable bonds is 9. The summed E-state index contributed by atoms with van der Waals surface area (Å²) in [5.41, 5.74) is 7.09. The zero-order valence-electron chi connectivity index (χ0n) is 23.6. The van der Waals surface area contributed by atoms with Gasteiger partial charge in [0.05, 0.1) is 42.6 Å². The summed E-state index contributed by atoms with van der Waals surface area (Å²) in [6.45, 7) is 6.33. The topological polar surface area (TPSA) is 128 Å². The van der Waals surface area contributed by atoms with Gasteiger partial charge in [-0.1, -0.05) is 11.8 Å². The number of aromatic nitrogens is 3. The van der Waals surface area contributed by atoms with Gasteiger partial charge in [0.2, 0.25) is 0 Å². The summed E-state index contributed by atoms with van der Waals surface area (Å²) in [5, 5.41) is 10.9. The molecule has 0 aromatic carbocycles. The third-order valence-electron chi connectivity index (χ3n) is 8.81. The van der Waals surface area contributed by atoms with Crippen LogP contribution in [0.25, 0.3) is 0 Å². The van der Waals surface area contributed by atoms with E-state index in [0.29, 0.717) is 30.5 Å². The van der Waals surface area contributed by atoms with E-state index in [1.165, 1.54) is 11.8 Å². The number of alkyl halides is 1. The molecular formula is C28H39IN6O5S. The van der Waals surface area contributed by atoms with Gasteiger partial charge in [0.25, 0.3) is 0 Å². The standard InChI is InChI=1S/C28H39IN6O5S/c1-17(4-10-37-2)40-19-11-18-15-38-23-21(3-7-31-27(23)35(18)13-19)41-22-12-32-26(20(14-36)33-22)34-8-5-28(6-9-34)16-39-25(29)24(28)30/h3,7,12,17-19,24-25,36H,4-6,8-11,13-16,30H2,1-2H3/t17-,18+,19+,24-,25-/m1/s1. The number of aliphatic hydroxyl groups excluding tert-OH is 1. The van der Waals surface area contributed by atoms with Crippen LogP contribution in [0.2, 0.25) is 0 Å². The lowest BCUT2D eigenvalue weighted by Crippen LogP contribution is -2.50. The number of halogens is 1. The summed E-state index contributed by atoms with van der Waals surface area (Å²) in [7, 11) is 1.72. The molecule has 41 heavy (non-hydrogen) atoms. The highest BCUT2D eigenvalue weighted by atomic mass is 127. The van der Waals surface area contributed by atoms with Crippen LogP contribution >= 0.6 is 34.4 Å². The molecule has 11 nitrogen and oxygen atoms in total. The van der Waals surface area contributed by atoms with Gasteiger partial charge in [-0.25, -0.2) is 15.0 Å². The van der Waals surface area contributed by atoms with Gasteiger partial charge in [0.15, 0.2) is 17.4 Å². The fourth-order valence-electron chi connectivity index (χ4n) is 6.39. The predicted octanol–water partition coefficient (Wildman–Crippen LogP) is 3.00. The Labute approximate surface area is 259 Å². The van der Waals surface area contributed by atoms with Crippen LogP contribution in [0.4, 0.5) is 11.6 Å². The maximum atomic E-state index is 10.2. The molecule has 13 heteroatoms. The van der Waals surface area contributed by atoms with Gasteiger partial charge in [-0.3, -0.25) is 0 Å².